The van der Waals surface area contributed by atoms with E-state index in [-0.39, 0.29) is 5.91 Å². The zero-order chi connectivity index (χ0) is 21.8. The lowest BCUT2D eigenvalue weighted by Gasteiger charge is -2.28. The fourth-order valence-electron chi connectivity index (χ4n) is 3.68. The second-order valence-electron chi connectivity index (χ2n) is 7.65. The van der Waals surface area contributed by atoms with Crippen LogP contribution < -0.4 is 10.2 Å². The van der Waals surface area contributed by atoms with E-state index in [9.17, 15) is 4.79 Å². The van der Waals surface area contributed by atoms with Crippen LogP contribution in [0.15, 0.2) is 78.0 Å². The molecule has 2 N–H and O–H groups in total. The summed E-state index contributed by atoms with van der Waals surface area (Å²) in [6.45, 7) is 3.30. The molecule has 1 amide bonds. The van der Waals surface area contributed by atoms with Crippen LogP contribution in [-0.4, -0.2) is 42.2 Å². The van der Waals surface area contributed by atoms with Crippen molar-refractivity contribution in [3.8, 4) is 0 Å². The summed E-state index contributed by atoms with van der Waals surface area (Å²) in [6, 6.07) is 23.7. The van der Waals surface area contributed by atoms with Gasteiger partial charge in [-0.2, -0.15) is 0 Å². The molecular formula is C25H24N4O2S. The SMILES string of the molecule is O=C(Nc1ccc(N2CCOCC2)cc1)c1ccc(CSc2nc3ccccc3[nH]2)cc1. The second-order valence-corrected chi connectivity index (χ2v) is 8.61. The van der Waals surface area contributed by atoms with Crippen LogP contribution >= 0.6 is 11.8 Å². The van der Waals surface area contributed by atoms with E-state index < -0.39 is 0 Å². The topological polar surface area (TPSA) is 70.2 Å². The van der Waals surface area contributed by atoms with Gasteiger partial charge in [-0.25, -0.2) is 4.98 Å². The normalized spacial score (nSPS) is 13.9. The van der Waals surface area contributed by atoms with Crippen molar-refractivity contribution >= 4 is 40.1 Å². The number of nitrogens with zero attached hydrogens (tertiary/aromatic N) is 2. The Kier molecular flexibility index (Phi) is 6.09. The second kappa shape index (κ2) is 9.46. The summed E-state index contributed by atoms with van der Waals surface area (Å²) < 4.78 is 5.40. The first-order valence-electron chi connectivity index (χ1n) is 10.7. The highest BCUT2D eigenvalue weighted by molar-refractivity contribution is 7.98. The van der Waals surface area contributed by atoms with Crippen molar-refractivity contribution in [1.29, 1.82) is 0 Å². The third-order valence-corrected chi connectivity index (χ3v) is 6.41. The van der Waals surface area contributed by atoms with Gasteiger partial charge in [-0.3, -0.25) is 4.79 Å². The zero-order valence-electron chi connectivity index (χ0n) is 17.6. The van der Waals surface area contributed by atoms with Gasteiger partial charge in [0.1, 0.15) is 0 Å². The number of benzene rings is 3. The largest absolute Gasteiger partial charge is 0.378 e. The number of para-hydroxylation sites is 2. The number of rotatable bonds is 6. The number of thioether (sulfide) groups is 1. The van der Waals surface area contributed by atoms with Crippen LogP contribution in [-0.2, 0) is 10.5 Å². The number of carbonyl (C=O) groups excluding carboxylic acids is 1. The minimum absolute atomic E-state index is 0.111. The summed E-state index contributed by atoms with van der Waals surface area (Å²) in [5.74, 6) is 0.672. The average Bonchev–Trinajstić information content (AvgIpc) is 3.27. The van der Waals surface area contributed by atoms with Crippen LogP contribution in [0, 0.1) is 0 Å². The molecule has 3 aromatic carbocycles. The van der Waals surface area contributed by atoms with Crippen molar-refractivity contribution in [3.63, 3.8) is 0 Å². The van der Waals surface area contributed by atoms with Gasteiger partial charge in [0, 0.05) is 35.8 Å². The summed E-state index contributed by atoms with van der Waals surface area (Å²) in [4.78, 5) is 22.8. The molecule has 4 aromatic rings. The summed E-state index contributed by atoms with van der Waals surface area (Å²) in [5, 5.41) is 3.88. The zero-order valence-corrected chi connectivity index (χ0v) is 18.4. The molecule has 1 aliphatic heterocycles. The molecule has 0 spiro atoms. The molecule has 1 saturated heterocycles. The van der Waals surface area contributed by atoms with E-state index in [2.05, 4.69) is 20.2 Å². The minimum Gasteiger partial charge on any atom is -0.378 e. The van der Waals surface area contributed by atoms with Crippen LogP contribution in [0.2, 0.25) is 0 Å². The maximum absolute atomic E-state index is 12.6. The van der Waals surface area contributed by atoms with Crippen molar-refractivity contribution in [2.75, 3.05) is 36.5 Å². The maximum atomic E-state index is 12.6. The van der Waals surface area contributed by atoms with Crippen LogP contribution in [0.3, 0.4) is 0 Å². The number of fused-ring (bicyclic) bond motifs is 1. The Morgan fingerprint density at radius 3 is 2.50 bits per heavy atom. The average molecular weight is 445 g/mol. The summed E-state index contributed by atoms with van der Waals surface area (Å²) in [7, 11) is 0. The van der Waals surface area contributed by atoms with Crippen molar-refractivity contribution < 1.29 is 9.53 Å². The molecule has 1 aromatic heterocycles. The van der Waals surface area contributed by atoms with E-state index in [0.717, 1.165) is 65.2 Å². The third kappa shape index (κ3) is 4.79. The van der Waals surface area contributed by atoms with Gasteiger partial charge in [0.05, 0.1) is 24.2 Å². The molecule has 0 bridgehead atoms. The monoisotopic (exact) mass is 444 g/mol. The van der Waals surface area contributed by atoms with Gasteiger partial charge in [-0.05, 0) is 54.1 Å². The molecule has 5 rings (SSSR count). The van der Waals surface area contributed by atoms with E-state index in [4.69, 9.17) is 4.74 Å². The van der Waals surface area contributed by atoms with E-state index in [1.807, 2.05) is 72.8 Å². The van der Waals surface area contributed by atoms with Crippen LogP contribution in [0.4, 0.5) is 11.4 Å². The molecule has 0 atom stereocenters. The number of nitrogens with one attached hydrogen (secondary N) is 2. The summed E-state index contributed by atoms with van der Waals surface area (Å²) in [5.41, 5.74) is 5.73. The van der Waals surface area contributed by atoms with Gasteiger partial charge in [-0.1, -0.05) is 36.0 Å². The van der Waals surface area contributed by atoms with Crippen LogP contribution in [0.1, 0.15) is 15.9 Å². The number of ether oxygens (including phenoxy) is 1. The molecule has 162 valence electrons. The van der Waals surface area contributed by atoms with Crippen LogP contribution in [0.25, 0.3) is 11.0 Å². The number of aromatic amines is 1. The molecular weight excluding hydrogens is 420 g/mol. The van der Waals surface area contributed by atoms with Gasteiger partial charge >= 0.3 is 0 Å². The van der Waals surface area contributed by atoms with E-state index in [1.54, 1.807) is 11.8 Å². The number of amides is 1. The number of hydrogen-bond acceptors (Lipinski definition) is 5. The first-order chi connectivity index (χ1) is 15.7. The maximum Gasteiger partial charge on any atom is 0.255 e. The number of H-pyrrole nitrogens is 1. The summed E-state index contributed by atoms with van der Waals surface area (Å²) >= 11 is 1.65. The van der Waals surface area contributed by atoms with Gasteiger partial charge in [0.2, 0.25) is 0 Å². The Balaban J connectivity index is 1.16. The highest BCUT2D eigenvalue weighted by Gasteiger charge is 2.12. The molecule has 0 saturated carbocycles. The van der Waals surface area contributed by atoms with Gasteiger partial charge in [-0.15, -0.1) is 0 Å². The molecule has 0 aliphatic carbocycles. The standard InChI is InChI=1S/C25H24N4O2S/c30-24(26-20-9-11-21(12-10-20)29-13-15-31-16-14-29)19-7-5-18(6-8-19)17-32-25-27-22-3-1-2-4-23(22)28-25/h1-12H,13-17H2,(H,26,30)(H,27,28). The first-order valence-corrected chi connectivity index (χ1v) is 11.6. The first kappa shape index (κ1) is 20.6. The summed E-state index contributed by atoms with van der Waals surface area (Å²) in [6.07, 6.45) is 0. The molecule has 7 heteroatoms. The lowest BCUT2D eigenvalue weighted by Crippen LogP contribution is -2.36. The van der Waals surface area contributed by atoms with Gasteiger partial charge < -0.3 is 19.9 Å². The fraction of sp³-hybridized carbons (Fsp3) is 0.200. The van der Waals surface area contributed by atoms with Crippen molar-refractivity contribution in [2.45, 2.75) is 10.9 Å². The molecule has 6 nitrogen and oxygen atoms in total. The highest BCUT2D eigenvalue weighted by atomic mass is 32.2. The minimum atomic E-state index is -0.111. The highest BCUT2D eigenvalue weighted by Crippen LogP contribution is 2.24. The predicted octanol–water partition coefficient (Wildman–Crippen LogP) is 4.94. The Hall–Kier alpha value is -3.29. The van der Waals surface area contributed by atoms with Crippen molar-refractivity contribution in [1.82, 2.24) is 9.97 Å². The van der Waals surface area contributed by atoms with E-state index >= 15 is 0 Å². The molecule has 32 heavy (non-hydrogen) atoms. The van der Waals surface area contributed by atoms with Crippen molar-refractivity contribution in [2.24, 2.45) is 0 Å². The molecule has 1 fully saturated rings. The van der Waals surface area contributed by atoms with Crippen LogP contribution in [0.5, 0.6) is 0 Å². The third-order valence-electron chi connectivity index (χ3n) is 5.46. The Morgan fingerprint density at radius 1 is 1.00 bits per heavy atom. The van der Waals surface area contributed by atoms with Crippen molar-refractivity contribution in [3.05, 3.63) is 83.9 Å². The molecule has 2 heterocycles. The Labute approximate surface area is 191 Å². The fourth-order valence-corrected chi connectivity index (χ4v) is 4.52. The number of carbonyl (C=O) groups is 1. The number of anilines is 2. The smallest absolute Gasteiger partial charge is 0.255 e. The lowest BCUT2D eigenvalue weighted by molar-refractivity contribution is 0.102. The van der Waals surface area contributed by atoms with E-state index in [1.165, 1.54) is 0 Å². The Bertz CT molecular complexity index is 1170. The lowest BCUT2D eigenvalue weighted by atomic mass is 10.1. The number of hydrogen-bond donors (Lipinski definition) is 2. The quantitative estimate of drug-likeness (QED) is 0.412. The van der Waals surface area contributed by atoms with Gasteiger partial charge in [0.15, 0.2) is 5.16 Å². The Morgan fingerprint density at radius 2 is 1.75 bits per heavy atom. The predicted molar refractivity (Wildman–Crippen MR) is 130 cm³/mol. The number of imidazole rings is 1. The molecule has 0 unspecified atom stereocenters. The molecule has 1 aliphatic rings. The number of morpholine rings is 1. The van der Waals surface area contributed by atoms with E-state index in [0.29, 0.717) is 5.56 Å². The number of aromatic nitrogens is 2. The molecule has 0 radical (unpaired) electrons. The van der Waals surface area contributed by atoms with Gasteiger partial charge in [0.25, 0.3) is 5.91 Å².